The van der Waals surface area contributed by atoms with Crippen LogP contribution >= 0.6 is 11.3 Å². The van der Waals surface area contributed by atoms with Gasteiger partial charge in [-0.1, -0.05) is 0 Å². The quantitative estimate of drug-likeness (QED) is 0.827. The van der Waals surface area contributed by atoms with E-state index in [2.05, 4.69) is 15.3 Å². The van der Waals surface area contributed by atoms with Gasteiger partial charge >= 0.3 is 5.97 Å². The highest BCUT2D eigenvalue weighted by atomic mass is 32.1. The summed E-state index contributed by atoms with van der Waals surface area (Å²) in [6.45, 7) is 0.378. The lowest BCUT2D eigenvalue weighted by Crippen LogP contribution is -2.30. The SMILES string of the molecule is COCCC(Nc1ncnc2ccsc12)C(=O)O. The average Bonchev–Trinajstić information content (AvgIpc) is 2.83. The molecule has 0 aliphatic carbocycles. The number of thiophene rings is 1. The number of hydrogen-bond donors (Lipinski definition) is 2. The summed E-state index contributed by atoms with van der Waals surface area (Å²) in [6, 6.07) is 1.16. The van der Waals surface area contributed by atoms with E-state index in [4.69, 9.17) is 9.84 Å². The first-order valence-corrected chi connectivity index (χ1v) is 6.27. The molecule has 0 aromatic carbocycles. The maximum absolute atomic E-state index is 11.1. The largest absolute Gasteiger partial charge is 0.480 e. The first-order valence-electron chi connectivity index (χ1n) is 5.39. The van der Waals surface area contributed by atoms with Crippen molar-refractivity contribution in [2.24, 2.45) is 0 Å². The van der Waals surface area contributed by atoms with Gasteiger partial charge in [0.25, 0.3) is 0 Å². The van der Waals surface area contributed by atoms with Gasteiger partial charge < -0.3 is 15.2 Å². The Labute approximate surface area is 108 Å². The van der Waals surface area contributed by atoms with Gasteiger partial charge in [0.1, 0.15) is 18.2 Å². The fraction of sp³-hybridized carbons (Fsp3) is 0.364. The molecule has 96 valence electrons. The molecule has 0 aliphatic heterocycles. The fourth-order valence-electron chi connectivity index (χ4n) is 1.55. The van der Waals surface area contributed by atoms with Crippen LogP contribution in [0.1, 0.15) is 6.42 Å². The minimum absolute atomic E-state index is 0.378. The second kappa shape index (κ2) is 5.74. The van der Waals surface area contributed by atoms with Gasteiger partial charge in [0.2, 0.25) is 0 Å². The summed E-state index contributed by atoms with van der Waals surface area (Å²) in [5, 5.41) is 13.9. The van der Waals surface area contributed by atoms with Gasteiger partial charge in [0.05, 0.1) is 10.2 Å². The molecule has 2 aromatic heterocycles. The van der Waals surface area contributed by atoms with E-state index in [9.17, 15) is 4.79 Å². The van der Waals surface area contributed by atoms with Gasteiger partial charge in [0.15, 0.2) is 0 Å². The lowest BCUT2D eigenvalue weighted by Gasteiger charge is -2.14. The second-order valence-electron chi connectivity index (χ2n) is 3.67. The molecule has 0 fully saturated rings. The summed E-state index contributed by atoms with van der Waals surface area (Å²) < 4.78 is 5.76. The predicted octanol–water partition coefficient (Wildman–Crippen LogP) is 1.59. The number of anilines is 1. The Hall–Kier alpha value is -1.73. The molecule has 1 atom stereocenters. The summed E-state index contributed by atoms with van der Waals surface area (Å²) >= 11 is 1.48. The number of fused-ring (bicyclic) bond motifs is 1. The van der Waals surface area contributed by atoms with Crippen molar-refractivity contribution in [3.8, 4) is 0 Å². The molecule has 0 saturated heterocycles. The van der Waals surface area contributed by atoms with Crippen LogP contribution in [-0.2, 0) is 9.53 Å². The Kier molecular flexibility index (Phi) is 4.06. The maximum Gasteiger partial charge on any atom is 0.326 e. The van der Waals surface area contributed by atoms with Crippen molar-refractivity contribution in [3.05, 3.63) is 17.8 Å². The number of carboxylic acid groups (broad SMARTS) is 1. The van der Waals surface area contributed by atoms with Crippen molar-refractivity contribution in [2.45, 2.75) is 12.5 Å². The van der Waals surface area contributed by atoms with Gasteiger partial charge in [-0.05, 0) is 11.4 Å². The van der Waals surface area contributed by atoms with Gasteiger partial charge in [-0.25, -0.2) is 14.8 Å². The van der Waals surface area contributed by atoms with E-state index in [0.717, 1.165) is 10.2 Å². The van der Waals surface area contributed by atoms with Crippen LogP contribution < -0.4 is 5.32 Å². The highest BCUT2D eigenvalue weighted by Crippen LogP contribution is 2.25. The Morgan fingerprint density at radius 1 is 1.61 bits per heavy atom. The van der Waals surface area contributed by atoms with Crippen molar-refractivity contribution in [1.82, 2.24) is 9.97 Å². The molecule has 0 saturated carbocycles. The Morgan fingerprint density at radius 3 is 3.17 bits per heavy atom. The summed E-state index contributed by atoms with van der Waals surface area (Å²) in [6.07, 6.45) is 1.80. The molecule has 0 aliphatic rings. The molecule has 2 N–H and O–H groups in total. The first kappa shape index (κ1) is 12.7. The van der Waals surface area contributed by atoms with Crippen LogP contribution in [0.2, 0.25) is 0 Å². The van der Waals surface area contributed by atoms with Crippen LogP contribution in [0.15, 0.2) is 17.8 Å². The molecule has 2 rings (SSSR count). The number of aromatic nitrogens is 2. The number of ether oxygens (including phenoxy) is 1. The van der Waals surface area contributed by atoms with Crippen LogP contribution in [0.4, 0.5) is 5.82 Å². The number of carboxylic acids is 1. The lowest BCUT2D eigenvalue weighted by molar-refractivity contribution is -0.138. The molecule has 0 spiro atoms. The molecule has 0 amide bonds. The number of hydrogen-bond acceptors (Lipinski definition) is 6. The zero-order valence-electron chi connectivity index (χ0n) is 9.79. The summed E-state index contributed by atoms with van der Waals surface area (Å²) in [5.74, 6) is -0.367. The third-order valence-electron chi connectivity index (χ3n) is 2.46. The molecule has 18 heavy (non-hydrogen) atoms. The molecule has 2 aromatic rings. The standard InChI is InChI=1S/C11H13N3O3S/c1-17-4-2-8(11(15)16)14-10-9-7(3-5-18-9)12-6-13-10/h3,5-6,8H,2,4H2,1H3,(H,15,16)(H,12,13,14). The molecule has 1 unspecified atom stereocenters. The van der Waals surface area contributed by atoms with E-state index in [-0.39, 0.29) is 0 Å². The molecular weight excluding hydrogens is 254 g/mol. The molecule has 0 bridgehead atoms. The fourth-order valence-corrected chi connectivity index (χ4v) is 2.35. The summed E-state index contributed by atoms with van der Waals surface area (Å²) in [4.78, 5) is 19.3. The van der Waals surface area contributed by atoms with Crippen LogP contribution in [0.3, 0.4) is 0 Å². The Morgan fingerprint density at radius 2 is 2.44 bits per heavy atom. The zero-order valence-corrected chi connectivity index (χ0v) is 10.6. The second-order valence-corrected chi connectivity index (χ2v) is 4.59. The van der Waals surface area contributed by atoms with Crippen LogP contribution in [0.25, 0.3) is 10.2 Å². The van der Waals surface area contributed by atoms with Crippen LogP contribution in [0.5, 0.6) is 0 Å². The van der Waals surface area contributed by atoms with Crippen LogP contribution in [0, 0.1) is 0 Å². The number of aliphatic carboxylic acids is 1. The number of methoxy groups -OCH3 is 1. The molecule has 2 heterocycles. The normalized spacial score (nSPS) is 12.5. The minimum atomic E-state index is -0.921. The smallest absolute Gasteiger partial charge is 0.326 e. The molecule has 7 heteroatoms. The monoisotopic (exact) mass is 267 g/mol. The first-order chi connectivity index (χ1) is 8.72. The average molecular weight is 267 g/mol. The third-order valence-corrected chi connectivity index (χ3v) is 3.37. The Bertz CT molecular complexity index is 543. The number of nitrogens with zero attached hydrogens (tertiary/aromatic N) is 2. The number of nitrogens with one attached hydrogen (secondary N) is 1. The minimum Gasteiger partial charge on any atom is -0.480 e. The summed E-state index contributed by atoms with van der Waals surface area (Å²) in [7, 11) is 1.54. The third kappa shape index (κ3) is 2.74. The predicted molar refractivity (Wildman–Crippen MR) is 69.0 cm³/mol. The molecule has 6 nitrogen and oxygen atoms in total. The van der Waals surface area contributed by atoms with Crippen molar-refractivity contribution < 1.29 is 14.6 Å². The molecule has 0 radical (unpaired) electrons. The van der Waals surface area contributed by atoms with E-state index in [0.29, 0.717) is 18.8 Å². The van der Waals surface area contributed by atoms with Crippen LogP contribution in [-0.4, -0.2) is 40.8 Å². The van der Waals surface area contributed by atoms with E-state index in [1.165, 1.54) is 17.7 Å². The highest BCUT2D eigenvalue weighted by molar-refractivity contribution is 7.17. The van der Waals surface area contributed by atoms with Gasteiger partial charge in [-0.2, -0.15) is 0 Å². The van der Waals surface area contributed by atoms with Gasteiger partial charge in [-0.15, -0.1) is 11.3 Å². The van der Waals surface area contributed by atoms with E-state index < -0.39 is 12.0 Å². The van der Waals surface area contributed by atoms with E-state index in [1.54, 1.807) is 7.11 Å². The van der Waals surface area contributed by atoms with Crippen molar-refractivity contribution in [3.63, 3.8) is 0 Å². The van der Waals surface area contributed by atoms with Gasteiger partial charge in [0, 0.05) is 20.1 Å². The molecular formula is C11H13N3O3S. The van der Waals surface area contributed by atoms with Crippen molar-refractivity contribution in [1.29, 1.82) is 0 Å². The topological polar surface area (TPSA) is 84.3 Å². The number of rotatable bonds is 6. The summed E-state index contributed by atoms with van der Waals surface area (Å²) in [5.41, 5.74) is 0.813. The van der Waals surface area contributed by atoms with Crippen molar-refractivity contribution >= 4 is 33.3 Å². The van der Waals surface area contributed by atoms with Gasteiger partial charge in [-0.3, -0.25) is 0 Å². The zero-order chi connectivity index (χ0) is 13.0. The Balaban J connectivity index is 2.20. The highest BCUT2D eigenvalue weighted by Gasteiger charge is 2.18. The van der Waals surface area contributed by atoms with E-state index >= 15 is 0 Å². The number of carbonyl (C=O) groups is 1. The van der Waals surface area contributed by atoms with Crippen molar-refractivity contribution in [2.75, 3.05) is 19.0 Å². The lowest BCUT2D eigenvalue weighted by atomic mass is 10.2. The maximum atomic E-state index is 11.1. The van der Waals surface area contributed by atoms with E-state index in [1.807, 2.05) is 11.4 Å².